The summed E-state index contributed by atoms with van der Waals surface area (Å²) in [7, 11) is -4.10. The van der Waals surface area contributed by atoms with E-state index in [1.165, 1.54) is 17.7 Å². The Balaban J connectivity index is 1.37. The molecule has 4 aliphatic carbocycles. The van der Waals surface area contributed by atoms with E-state index in [9.17, 15) is 31.8 Å². The van der Waals surface area contributed by atoms with E-state index < -0.39 is 38.9 Å². The lowest BCUT2D eigenvalue weighted by Crippen LogP contribution is -2.49. The number of hydrogen-bond acceptors (Lipinski definition) is 4. The Morgan fingerprint density at radius 3 is 2.38 bits per heavy atom. The first kappa shape index (κ1) is 32.0. The van der Waals surface area contributed by atoms with Crippen LogP contribution >= 0.6 is 0 Å². The Morgan fingerprint density at radius 2 is 1.74 bits per heavy atom. The van der Waals surface area contributed by atoms with Gasteiger partial charge in [-0.15, -0.1) is 0 Å². The summed E-state index contributed by atoms with van der Waals surface area (Å²) in [5.74, 6) is 2.35. The quantitative estimate of drug-likeness (QED) is 0.294. The second-order valence-electron chi connectivity index (χ2n) is 14.7. The summed E-state index contributed by atoms with van der Waals surface area (Å²) in [6.07, 6.45) is 5.37. The van der Waals surface area contributed by atoms with Crippen molar-refractivity contribution in [1.29, 1.82) is 0 Å². The summed E-state index contributed by atoms with van der Waals surface area (Å²) in [6.45, 7) is 7.13. The molecule has 0 saturated heterocycles. The fourth-order valence-corrected chi connectivity index (χ4v) is 11.9. The number of aliphatic hydroxyl groups is 2. The molecule has 0 aromatic heterocycles. The molecular weight excluding hydrogens is 561 g/mol. The zero-order valence-electron chi connectivity index (χ0n) is 25.5. The van der Waals surface area contributed by atoms with Crippen molar-refractivity contribution in [2.75, 3.05) is 0 Å². The molecule has 0 spiro atoms. The van der Waals surface area contributed by atoms with Gasteiger partial charge in [-0.1, -0.05) is 50.6 Å². The Kier molecular flexibility index (Phi) is 8.54. The van der Waals surface area contributed by atoms with Crippen LogP contribution in [0.5, 0.6) is 0 Å². The van der Waals surface area contributed by atoms with Crippen molar-refractivity contribution >= 4 is 9.84 Å². The van der Waals surface area contributed by atoms with E-state index in [0.29, 0.717) is 30.6 Å². The van der Waals surface area contributed by atoms with Crippen molar-refractivity contribution in [3.8, 4) is 0 Å². The molecule has 2 N–H and O–H groups in total. The van der Waals surface area contributed by atoms with Crippen LogP contribution in [0.2, 0.25) is 0 Å². The Bertz CT molecular complexity index is 1260. The van der Waals surface area contributed by atoms with E-state index in [1.54, 1.807) is 18.2 Å². The normalized spacial score (nSPS) is 37.9. The van der Waals surface area contributed by atoms with Gasteiger partial charge < -0.3 is 10.2 Å². The molecule has 3 fully saturated rings. The molecule has 5 rings (SSSR count). The van der Waals surface area contributed by atoms with E-state index in [0.717, 1.165) is 57.8 Å². The maximum Gasteiger partial charge on any atom is 0.416 e. The summed E-state index contributed by atoms with van der Waals surface area (Å²) < 4.78 is 68.8. The molecule has 4 aliphatic rings. The minimum Gasteiger partial charge on any atom is -0.390 e. The lowest BCUT2D eigenvalue weighted by atomic mass is 9.50. The van der Waals surface area contributed by atoms with Crippen LogP contribution in [-0.2, 0) is 9.84 Å². The summed E-state index contributed by atoms with van der Waals surface area (Å²) >= 11 is 0. The van der Waals surface area contributed by atoms with Crippen LogP contribution in [0.1, 0.15) is 98.3 Å². The lowest BCUT2D eigenvalue weighted by molar-refractivity contribution is -0.255. The molecule has 42 heavy (non-hydrogen) atoms. The summed E-state index contributed by atoms with van der Waals surface area (Å²) in [5, 5.41) is 20.0. The maximum atomic E-state index is 13.8. The zero-order chi connectivity index (χ0) is 30.7. The topological polar surface area (TPSA) is 74.6 Å². The van der Waals surface area contributed by atoms with Gasteiger partial charge in [0.2, 0.25) is 0 Å². The van der Waals surface area contributed by atoms with Gasteiger partial charge in [-0.25, -0.2) is 8.42 Å². The minimum atomic E-state index is -4.93. The largest absolute Gasteiger partial charge is 0.416 e. The molecule has 236 valence electrons. The molecule has 1 aromatic carbocycles. The minimum absolute atomic E-state index is 0.00319. The van der Waals surface area contributed by atoms with Crippen molar-refractivity contribution in [2.24, 2.45) is 40.9 Å². The predicted octanol–water partition coefficient (Wildman–Crippen LogP) is 7.89. The van der Waals surface area contributed by atoms with E-state index in [2.05, 4.69) is 19.9 Å². The third-order valence-corrected chi connectivity index (χ3v) is 14.6. The predicted molar refractivity (Wildman–Crippen MR) is 158 cm³/mol. The highest BCUT2D eigenvalue weighted by Gasteiger charge is 2.58. The van der Waals surface area contributed by atoms with Gasteiger partial charge in [0, 0.05) is 6.42 Å². The molecular formula is C34H49F3O4S. The van der Waals surface area contributed by atoms with Gasteiger partial charge in [0.05, 0.1) is 15.7 Å². The number of rotatable bonds is 8. The number of allylic oxidation sites excluding steroid dienone is 1. The third-order valence-electron chi connectivity index (χ3n) is 12.4. The van der Waals surface area contributed by atoms with Gasteiger partial charge in [-0.05, 0) is 124 Å². The first-order valence-corrected chi connectivity index (χ1v) is 17.6. The van der Waals surface area contributed by atoms with Gasteiger partial charge in [-0.2, -0.15) is 13.2 Å². The first-order valence-electron chi connectivity index (χ1n) is 16.0. The van der Waals surface area contributed by atoms with Crippen molar-refractivity contribution < 1.29 is 31.8 Å². The summed E-state index contributed by atoms with van der Waals surface area (Å²) in [5.41, 5.74) is -2.21. The fourth-order valence-electron chi connectivity index (χ4n) is 9.90. The van der Waals surface area contributed by atoms with Crippen LogP contribution in [-0.4, -0.2) is 41.3 Å². The van der Waals surface area contributed by atoms with Crippen LogP contribution in [0.4, 0.5) is 13.2 Å². The molecule has 8 heteroatoms. The highest BCUT2D eigenvalue weighted by Crippen LogP contribution is 2.65. The van der Waals surface area contributed by atoms with Crippen LogP contribution in [0.3, 0.4) is 0 Å². The Labute approximate surface area is 250 Å². The molecule has 0 aliphatic heterocycles. The SMILES string of the molecule is CC[C@]1(O)CC[C@H]2C(=CC[C@@H]3[C@@H]2CC[C@]2(C)[C@@H]([C@H](C)CC(CC(C)(O)C(F)(F)F)S(=O)(=O)c4ccccc4)CC[C@@H]32)C1. The molecule has 0 amide bonds. The summed E-state index contributed by atoms with van der Waals surface area (Å²) in [4.78, 5) is 0.00319. The van der Waals surface area contributed by atoms with Gasteiger partial charge in [0.25, 0.3) is 0 Å². The molecule has 4 nitrogen and oxygen atoms in total. The fraction of sp³-hybridized carbons (Fsp3) is 0.765. The lowest BCUT2D eigenvalue weighted by Gasteiger charge is -2.55. The van der Waals surface area contributed by atoms with E-state index in [1.807, 2.05) is 6.92 Å². The number of sulfone groups is 1. The van der Waals surface area contributed by atoms with Crippen molar-refractivity contribution in [1.82, 2.24) is 0 Å². The number of halogens is 3. The average Bonchev–Trinajstić information content (AvgIpc) is 3.29. The van der Waals surface area contributed by atoms with Crippen molar-refractivity contribution in [2.45, 2.75) is 126 Å². The Hall–Kier alpha value is -1.38. The molecule has 0 bridgehead atoms. The number of alkyl halides is 3. The average molecular weight is 611 g/mol. The second-order valence-corrected chi connectivity index (χ2v) is 17.0. The van der Waals surface area contributed by atoms with E-state index in [4.69, 9.17) is 0 Å². The molecule has 0 radical (unpaired) electrons. The highest BCUT2D eigenvalue weighted by molar-refractivity contribution is 7.92. The van der Waals surface area contributed by atoms with Crippen LogP contribution in [0.15, 0.2) is 46.9 Å². The van der Waals surface area contributed by atoms with Gasteiger partial charge in [-0.3, -0.25) is 0 Å². The zero-order valence-corrected chi connectivity index (χ0v) is 26.4. The Morgan fingerprint density at radius 1 is 1.05 bits per heavy atom. The van der Waals surface area contributed by atoms with Crippen LogP contribution in [0, 0.1) is 40.9 Å². The molecule has 10 atom stereocenters. The van der Waals surface area contributed by atoms with Gasteiger partial charge >= 0.3 is 6.18 Å². The number of benzene rings is 1. The smallest absolute Gasteiger partial charge is 0.390 e. The van der Waals surface area contributed by atoms with Crippen LogP contribution in [0.25, 0.3) is 0 Å². The highest BCUT2D eigenvalue weighted by atomic mass is 32.2. The standard InChI is InChI=1S/C34H49F3O4S/c1-5-33(39)18-16-26-23(20-33)11-12-28-27(26)15-17-31(3)29(13-14-30(28)31)22(2)19-25(21-32(4,38)34(35,36)37)42(40,41)24-9-7-6-8-10-24/h6-11,22,25-30,38-39H,5,12-21H2,1-4H3/t22-,25?,26+,27-,28-,29-,30+,31-,32?,33+/m1/s1. The van der Waals surface area contributed by atoms with Gasteiger partial charge in [0.15, 0.2) is 15.4 Å². The third kappa shape index (κ3) is 5.62. The maximum absolute atomic E-state index is 13.8. The number of hydrogen-bond donors (Lipinski definition) is 2. The monoisotopic (exact) mass is 610 g/mol. The molecule has 0 heterocycles. The first-order chi connectivity index (χ1) is 19.5. The van der Waals surface area contributed by atoms with E-state index in [-0.39, 0.29) is 28.6 Å². The number of fused-ring (bicyclic) bond motifs is 5. The van der Waals surface area contributed by atoms with Gasteiger partial charge in [0.1, 0.15) is 0 Å². The van der Waals surface area contributed by atoms with Crippen molar-refractivity contribution in [3.05, 3.63) is 42.0 Å². The van der Waals surface area contributed by atoms with Crippen LogP contribution < -0.4 is 0 Å². The molecule has 3 saturated carbocycles. The second kappa shape index (κ2) is 11.2. The summed E-state index contributed by atoms with van der Waals surface area (Å²) in [6, 6.07) is 7.70. The molecule has 1 aromatic rings. The van der Waals surface area contributed by atoms with Crippen molar-refractivity contribution in [3.63, 3.8) is 0 Å². The molecule has 2 unspecified atom stereocenters. The van der Waals surface area contributed by atoms with E-state index >= 15 is 0 Å².